The fraction of sp³-hybridized carbons (Fsp3) is 0.400. The van der Waals surface area contributed by atoms with E-state index >= 15 is 0 Å². The van der Waals surface area contributed by atoms with Gasteiger partial charge in [-0.25, -0.2) is 9.37 Å². The van der Waals surface area contributed by atoms with E-state index in [4.69, 9.17) is 0 Å². The van der Waals surface area contributed by atoms with Crippen molar-refractivity contribution in [2.45, 2.75) is 26.2 Å². The van der Waals surface area contributed by atoms with Gasteiger partial charge in [-0.05, 0) is 49.8 Å². The molecule has 1 nitrogen and oxygen atoms in total. The van der Waals surface area contributed by atoms with E-state index in [1.807, 2.05) is 17.6 Å². The molecule has 2 rings (SSSR count). The van der Waals surface area contributed by atoms with Crippen molar-refractivity contribution in [2.75, 3.05) is 5.33 Å². The summed E-state index contributed by atoms with van der Waals surface area (Å²) in [5, 5.41) is 0.974. The van der Waals surface area contributed by atoms with Crippen LogP contribution in [-0.4, -0.2) is 10.3 Å². The van der Waals surface area contributed by atoms with Crippen LogP contribution in [0.1, 0.15) is 22.6 Å². The number of hydrogen-bond acceptors (Lipinski definition) is 2. The number of nitrogens with zero attached hydrogens (tertiary/aromatic N) is 1. The molecular formula is C15H17BrFNS. The molecule has 0 spiro atoms. The second-order valence-corrected chi connectivity index (χ2v) is 6.34. The molecule has 19 heavy (non-hydrogen) atoms. The van der Waals surface area contributed by atoms with Gasteiger partial charge < -0.3 is 0 Å². The van der Waals surface area contributed by atoms with Crippen LogP contribution < -0.4 is 0 Å². The molecule has 1 unspecified atom stereocenters. The molecule has 1 atom stereocenters. The number of rotatable bonds is 6. The van der Waals surface area contributed by atoms with Crippen molar-refractivity contribution < 1.29 is 4.39 Å². The Kier molecular flexibility index (Phi) is 5.52. The maximum atomic E-state index is 12.9. The molecule has 0 aliphatic carbocycles. The predicted octanol–water partition coefficient (Wildman–Crippen LogP) is 4.78. The largest absolute Gasteiger partial charge is 0.250 e. The highest BCUT2D eigenvalue weighted by molar-refractivity contribution is 9.09. The molecule has 1 aromatic heterocycles. The number of aryl methyl sites for hydroxylation is 2. The monoisotopic (exact) mass is 341 g/mol. The van der Waals surface area contributed by atoms with Crippen molar-refractivity contribution in [2.24, 2.45) is 5.92 Å². The molecule has 0 N–H and O–H groups in total. The van der Waals surface area contributed by atoms with Gasteiger partial charge in [0.2, 0.25) is 0 Å². The van der Waals surface area contributed by atoms with Gasteiger partial charge >= 0.3 is 0 Å². The van der Waals surface area contributed by atoms with E-state index in [1.54, 1.807) is 11.3 Å². The molecule has 0 saturated heterocycles. The Morgan fingerprint density at radius 1 is 1.32 bits per heavy atom. The van der Waals surface area contributed by atoms with Gasteiger partial charge in [-0.15, -0.1) is 11.3 Å². The molecule has 0 aliphatic heterocycles. The highest BCUT2D eigenvalue weighted by Gasteiger charge is 2.11. The molecule has 0 fully saturated rings. The van der Waals surface area contributed by atoms with Crippen LogP contribution in [0.2, 0.25) is 0 Å². The Balaban J connectivity index is 1.90. The zero-order valence-electron chi connectivity index (χ0n) is 10.9. The van der Waals surface area contributed by atoms with Crippen LogP contribution in [0.15, 0.2) is 29.8 Å². The normalized spacial score (nSPS) is 12.6. The molecular weight excluding hydrogens is 325 g/mol. The standard InChI is InChI=1S/C15H17BrFNS/c1-11-15(19-10-18-11)7-4-13(9-16)8-12-2-5-14(17)6-3-12/h2-3,5-6,10,13H,4,7-9H2,1H3. The molecule has 0 amide bonds. The molecule has 0 saturated carbocycles. The van der Waals surface area contributed by atoms with Crippen LogP contribution in [0, 0.1) is 18.7 Å². The van der Waals surface area contributed by atoms with E-state index in [0.717, 1.165) is 30.3 Å². The van der Waals surface area contributed by atoms with Crippen molar-refractivity contribution in [1.82, 2.24) is 4.98 Å². The van der Waals surface area contributed by atoms with Crippen LogP contribution in [0.3, 0.4) is 0 Å². The Morgan fingerprint density at radius 3 is 2.63 bits per heavy atom. The van der Waals surface area contributed by atoms with E-state index in [-0.39, 0.29) is 5.82 Å². The third-order valence-electron chi connectivity index (χ3n) is 3.28. The van der Waals surface area contributed by atoms with Crippen molar-refractivity contribution in [3.05, 3.63) is 51.7 Å². The van der Waals surface area contributed by atoms with Crippen LogP contribution in [0.25, 0.3) is 0 Å². The second-order valence-electron chi connectivity index (χ2n) is 4.75. The average Bonchev–Trinajstić information content (AvgIpc) is 2.82. The molecule has 1 aromatic carbocycles. The molecule has 0 aliphatic rings. The lowest BCUT2D eigenvalue weighted by Gasteiger charge is -2.13. The number of benzene rings is 1. The SMILES string of the molecule is Cc1ncsc1CCC(CBr)Cc1ccc(F)cc1. The molecule has 0 radical (unpaired) electrons. The van der Waals surface area contributed by atoms with Crippen LogP contribution in [0.5, 0.6) is 0 Å². The maximum Gasteiger partial charge on any atom is 0.123 e. The number of thiazole rings is 1. The van der Waals surface area contributed by atoms with Gasteiger partial charge in [0.15, 0.2) is 0 Å². The number of hydrogen-bond donors (Lipinski definition) is 0. The first-order chi connectivity index (χ1) is 9.19. The van der Waals surface area contributed by atoms with Gasteiger partial charge in [0, 0.05) is 10.2 Å². The minimum Gasteiger partial charge on any atom is -0.250 e. The van der Waals surface area contributed by atoms with E-state index in [9.17, 15) is 4.39 Å². The summed E-state index contributed by atoms with van der Waals surface area (Å²) in [5.74, 6) is 0.409. The Bertz CT molecular complexity index is 509. The fourth-order valence-corrected chi connectivity index (χ4v) is 3.44. The Labute approximate surface area is 126 Å². The quantitative estimate of drug-likeness (QED) is 0.689. The summed E-state index contributed by atoms with van der Waals surface area (Å²) in [6.45, 7) is 2.06. The van der Waals surface area contributed by atoms with Crippen molar-refractivity contribution in [3.8, 4) is 0 Å². The van der Waals surface area contributed by atoms with Crippen LogP contribution in [0.4, 0.5) is 4.39 Å². The lowest BCUT2D eigenvalue weighted by atomic mass is 9.96. The first kappa shape index (κ1) is 14.7. The first-order valence-electron chi connectivity index (χ1n) is 6.38. The van der Waals surface area contributed by atoms with Gasteiger partial charge in [0.05, 0.1) is 11.2 Å². The van der Waals surface area contributed by atoms with Crippen molar-refractivity contribution in [3.63, 3.8) is 0 Å². The lowest BCUT2D eigenvalue weighted by Crippen LogP contribution is -2.08. The number of halogens is 2. The van der Waals surface area contributed by atoms with Gasteiger partial charge in [-0.1, -0.05) is 28.1 Å². The van der Waals surface area contributed by atoms with Crippen LogP contribution in [-0.2, 0) is 12.8 Å². The van der Waals surface area contributed by atoms with Crippen LogP contribution >= 0.6 is 27.3 Å². The topological polar surface area (TPSA) is 12.9 Å². The Hall–Kier alpha value is -0.740. The zero-order chi connectivity index (χ0) is 13.7. The van der Waals surface area contributed by atoms with E-state index in [0.29, 0.717) is 5.92 Å². The molecule has 4 heteroatoms. The first-order valence-corrected chi connectivity index (χ1v) is 8.38. The number of alkyl halides is 1. The minimum absolute atomic E-state index is 0.167. The molecule has 0 bridgehead atoms. The van der Waals surface area contributed by atoms with Gasteiger partial charge in [0.25, 0.3) is 0 Å². The minimum atomic E-state index is -0.167. The third-order valence-corrected chi connectivity index (χ3v) is 5.19. The molecule has 102 valence electrons. The summed E-state index contributed by atoms with van der Waals surface area (Å²) in [6.07, 6.45) is 3.20. The fourth-order valence-electron chi connectivity index (χ4n) is 2.09. The Morgan fingerprint density at radius 2 is 2.05 bits per heavy atom. The number of aromatic nitrogens is 1. The summed E-state index contributed by atoms with van der Waals surface area (Å²) in [6, 6.07) is 6.83. The molecule has 2 aromatic rings. The third kappa shape index (κ3) is 4.39. The van der Waals surface area contributed by atoms with Crippen molar-refractivity contribution >= 4 is 27.3 Å². The summed E-state index contributed by atoms with van der Waals surface area (Å²) >= 11 is 5.32. The van der Waals surface area contributed by atoms with E-state index in [2.05, 4.69) is 27.8 Å². The van der Waals surface area contributed by atoms with Gasteiger partial charge in [-0.3, -0.25) is 0 Å². The highest BCUT2D eigenvalue weighted by Crippen LogP contribution is 2.21. The predicted molar refractivity (Wildman–Crippen MR) is 82.6 cm³/mol. The van der Waals surface area contributed by atoms with E-state index in [1.165, 1.54) is 22.6 Å². The summed E-state index contributed by atoms with van der Waals surface area (Å²) in [4.78, 5) is 5.66. The average molecular weight is 342 g/mol. The summed E-state index contributed by atoms with van der Waals surface area (Å²) in [7, 11) is 0. The van der Waals surface area contributed by atoms with Gasteiger partial charge in [0.1, 0.15) is 5.82 Å². The summed E-state index contributed by atoms with van der Waals surface area (Å²) < 4.78 is 12.9. The van der Waals surface area contributed by atoms with E-state index < -0.39 is 0 Å². The second kappa shape index (κ2) is 7.15. The van der Waals surface area contributed by atoms with Crippen molar-refractivity contribution in [1.29, 1.82) is 0 Å². The maximum absolute atomic E-state index is 12.9. The van der Waals surface area contributed by atoms with Gasteiger partial charge in [-0.2, -0.15) is 0 Å². The molecule has 1 heterocycles. The smallest absolute Gasteiger partial charge is 0.123 e. The lowest BCUT2D eigenvalue weighted by molar-refractivity contribution is 0.543. The highest BCUT2D eigenvalue weighted by atomic mass is 79.9. The zero-order valence-corrected chi connectivity index (χ0v) is 13.3. The summed E-state index contributed by atoms with van der Waals surface area (Å²) in [5.41, 5.74) is 4.26.